The molecule has 1 unspecified atom stereocenters. The van der Waals surface area contributed by atoms with Gasteiger partial charge in [-0.05, 0) is 25.5 Å². The molecule has 0 aliphatic rings. The second-order valence-electron chi connectivity index (χ2n) is 4.29. The van der Waals surface area contributed by atoms with Crippen molar-refractivity contribution in [3.05, 3.63) is 17.5 Å². The highest BCUT2D eigenvalue weighted by Gasteiger charge is 2.14. The minimum Gasteiger partial charge on any atom is -0.309 e. The van der Waals surface area contributed by atoms with E-state index < -0.39 is 0 Å². The Hall–Kier alpha value is -0.830. The highest BCUT2D eigenvalue weighted by molar-refractivity contribution is 5.14. The molecule has 0 saturated carbocycles. The van der Waals surface area contributed by atoms with Gasteiger partial charge in [0.25, 0.3) is 0 Å². The van der Waals surface area contributed by atoms with Crippen LogP contribution in [-0.4, -0.2) is 16.3 Å². The molecule has 3 heteroatoms. The Morgan fingerprint density at radius 3 is 2.62 bits per heavy atom. The van der Waals surface area contributed by atoms with E-state index in [0.29, 0.717) is 6.04 Å². The molecule has 1 aromatic heterocycles. The van der Waals surface area contributed by atoms with Crippen LogP contribution in [0.2, 0.25) is 0 Å². The fourth-order valence-electron chi connectivity index (χ4n) is 2.05. The van der Waals surface area contributed by atoms with Crippen molar-refractivity contribution >= 4 is 0 Å². The molecule has 1 N–H and O–H groups in total. The Kier molecular flexibility index (Phi) is 5.53. The summed E-state index contributed by atoms with van der Waals surface area (Å²) >= 11 is 0. The molecule has 1 rings (SSSR count). The molecule has 1 heterocycles. The zero-order chi connectivity index (χ0) is 12.0. The van der Waals surface area contributed by atoms with Crippen molar-refractivity contribution in [2.24, 2.45) is 7.05 Å². The van der Waals surface area contributed by atoms with Crippen LogP contribution in [0.15, 0.2) is 6.07 Å². The van der Waals surface area contributed by atoms with Gasteiger partial charge >= 0.3 is 0 Å². The first-order chi connectivity index (χ1) is 7.72. The number of rotatable bonds is 7. The first kappa shape index (κ1) is 13.2. The highest BCUT2D eigenvalue weighted by Crippen LogP contribution is 2.20. The molecule has 0 amide bonds. The van der Waals surface area contributed by atoms with E-state index in [4.69, 9.17) is 0 Å². The van der Waals surface area contributed by atoms with Crippen LogP contribution >= 0.6 is 0 Å². The van der Waals surface area contributed by atoms with Gasteiger partial charge in [0.05, 0.1) is 11.4 Å². The summed E-state index contributed by atoms with van der Waals surface area (Å²) in [7, 11) is 2.05. The minimum absolute atomic E-state index is 0.461. The normalized spacial score (nSPS) is 13.0. The van der Waals surface area contributed by atoms with Crippen LogP contribution in [0.5, 0.6) is 0 Å². The molecule has 0 aromatic carbocycles. The smallest absolute Gasteiger partial charge is 0.0625 e. The lowest BCUT2D eigenvalue weighted by atomic mass is 10.1. The summed E-state index contributed by atoms with van der Waals surface area (Å²) in [4.78, 5) is 0. The third kappa shape index (κ3) is 3.34. The number of unbranched alkanes of at least 4 members (excludes halogenated alkanes) is 1. The Bertz CT molecular complexity index is 304. The topological polar surface area (TPSA) is 29.9 Å². The SMILES string of the molecule is CCCCC(NCC)c1cc(CC)nn1C. The Balaban J connectivity index is 2.77. The van der Waals surface area contributed by atoms with E-state index in [0.717, 1.165) is 13.0 Å². The van der Waals surface area contributed by atoms with E-state index >= 15 is 0 Å². The van der Waals surface area contributed by atoms with Gasteiger partial charge in [0.15, 0.2) is 0 Å². The molecule has 92 valence electrons. The summed E-state index contributed by atoms with van der Waals surface area (Å²) in [5.41, 5.74) is 2.52. The van der Waals surface area contributed by atoms with Crippen molar-refractivity contribution in [2.75, 3.05) is 6.54 Å². The molecule has 0 bridgehead atoms. The molecular formula is C13H25N3. The van der Waals surface area contributed by atoms with Crippen LogP contribution in [0.3, 0.4) is 0 Å². The molecule has 0 aliphatic heterocycles. The van der Waals surface area contributed by atoms with Gasteiger partial charge in [0.2, 0.25) is 0 Å². The molecule has 16 heavy (non-hydrogen) atoms. The van der Waals surface area contributed by atoms with Gasteiger partial charge in [-0.25, -0.2) is 0 Å². The van der Waals surface area contributed by atoms with Gasteiger partial charge in [-0.1, -0.05) is 33.6 Å². The van der Waals surface area contributed by atoms with Gasteiger partial charge in [-0.3, -0.25) is 4.68 Å². The average molecular weight is 223 g/mol. The second-order valence-corrected chi connectivity index (χ2v) is 4.29. The van der Waals surface area contributed by atoms with E-state index in [9.17, 15) is 0 Å². The fourth-order valence-corrected chi connectivity index (χ4v) is 2.05. The predicted molar refractivity (Wildman–Crippen MR) is 68.5 cm³/mol. The summed E-state index contributed by atoms with van der Waals surface area (Å²) in [6, 6.07) is 2.70. The Labute approximate surface area is 99.2 Å². The van der Waals surface area contributed by atoms with Gasteiger partial charge < -0.3 is 5.32 Å². The maximum absolute atomic E-state index is 4.52. The summed E-state index contributed by atoms with van der Waals surface area (Å²) < 4.78 is 2.03. The first-order valence-electron chi connectivity index (χ1n) is 6.49. The standard InChI is InChI=1S/C13H25N3/c1-5-8-9-12(14-7-3)13-10-11(6-2)15-16(13)4/h10,12,14H,5-9H2,1-4H3. The highest BCUT2D eigenvalue weighted by atomic mass is 15.3. The summed E-state index contributed by atoms with van der Waals surface area (Å²) in [6.45, 7) is 7.57. The summed E-state index contributed by atoms with van der Waals surface area (Å²) in [5.74, 6) is 0. The third-order valence-corrected chi connectivity index (χ3v) is 2.98. The second kappa shape index (κ2) is 6.69. The van der Waals surface area contributed by atoms with E-state index in [1.807, 2.05) is 11.7 Å². The zero-order valence-electron chi connectivity index (χ0n) is 11.1. The third-order valence-electron chi connectivity index (χ3n) is 2.98. The van der Waals surface area contributed by atoms with E-state index in [2.05, 4.69) is 37.3 Å². The number of aryl methyl sites for hydroxylation is 2. The first-order valence-corrected chi connectivity index (χ1v) is 6.49. The average Bonchev–Trinajstić information content (AvgIpc) is 2.66. The number of nitrogens with zero attached hydrogens (tertiary/aromatic N) is 2. The Morgan fingerprint density at radius 2 is 2.12 bits per heavy atom. The molecule has 1 aromatic rings. The van der Waals surface area contributed by atoms with Crippen molar-refractivity contribution in [2.45, 2.75) is 52.5 Å². The van der Waals surface area contributed by atoms with Crippen LogP contribution in [0, 0.1) is 0 Å². The largest absolute Gasteiger partial charge is 0.309 e. The van der Waals surface area contributed by atoms with Crippen molar-refractivity contribution in [1.82, 2.24) is 15.1 Å². The molecular weight excluding hydrogens is 198 g/mol. The number of aromatic nitrogens is 2. The lowest BCUT2D eigenvalue weighted by Crippen LogP contribution is -2.23. The molecule has 0 aliphatic carbocycles. The summed E-state index contributed by atoms with van der Waals surface area (Å²) in [5, 5.41) is 8.07. The number of hydrogen-bond donors (Lipinski definition) is 1. The van der Waals surface area contributed by atoms with Crippen LogP contribution < -0.4 is 5.32 Å². The van der Waals surface area contributed by atoms with Gasteiger partial charge in [0, 0.05) is 13.1 Å². The van der Waals surface area contributed by atoms with E-state index in [-0.39, 0.29) is 0 Å². The monoisotopic (exact) mass is 223 g/mol. The van der Waals surface area contributed by atoms with E-state index in [1.54, 1.807) is 0 Å². The summed E-state index contributed by atoms with van der Waals surface area (Å²) in [6.07, 6.45) is 4.73. The van der Waals surface area contributed by atoms with Gasteiger partial charge in [-0.15, -0.1) is 0 Å². The molecule has 0 saturated heterocycles. The van der Waals surface area contributed by atoms with E-state index in [1.165, 1.54) is 30.7 Å². The molecule has 0 fully saturated rings. The predicted octanol–water partition coefficient (Wildman–Crippen LogP) is 2.82. The van der Waals surface area contributed by atoms with Crippen molar-refractivity contribution < 1.29 is 0 Å². The maximum Gasteiger partial charge on any atom is 0.0625 e. The zero-order valence-corrected chi connectivity index (χ0v) is 11.1. The number of hydrogen-bond acceptors (Lipinski definition) is 2. The quantitative estimate of drug-likeness (QED) is 0.770. The molecule has 0 spiro atoms. The maximum atomic E-state index is 4.52. The van der Waals surface area contributed by atoms with Gasteiger partial charge in [0.1, 0.15) is 0 Å². The van der Waals surface area contributed by atoms with Crippen molar-refractivity contribution in [3.63, 3.8) is 0 Å². The van der Waals surface area contributed by atoms with Crippen molar-refractivity contribution in [1.29, 1.82) is 0 Å². The number of nitrogens with one attached hydrogen (secondary N) is 1. The lowest BCUT2D eigenvalue weighted by molar-refractivity contribution is 0.464. The van der Waals surface area contributed by atoms with Crippen LogP contribution in [0.1, 0.15) is 57.5 Å². The minimum atomic E-state index is 0.461. The fraction of sp³-hybridized carbons (Fsp3) is 0.769. The van der Waals surface area contributed by atoms with Gasteiger partial charge in [-0.2, -0.15) is 5.10 Å². The van der Waals surface area contributed by atoms with Crippen molar-refractivity contribution in [3.8, 4) is 0 Å². The van der Waals surface area contributed by atoms with Crippen LogP contribution in [0.25, 0.3) is 0 Å². The Morgan fingerprint density at radius 1 is 1.38 bits per heavy atom. The van der Waals surface area contributed by atoms with Crippen LogP contribution in [-0.2, 0) is 13.5 Å². The molecule has 0 radical (unpaired) electrons. The molecule has 3 nitrogen and oxygen atoms in total. The molecule has 1 atom stereocenters. The lowest BCUT2D eigenvalue weighted by Gasteiger charge is -2.17. The van der Waals surface area contributed by atoms with Crippen LogP contribution in [0.4, 0.5) is 0 Å².